The van der Waals surface area contributed by atoms with Gasteiger partial charge in [0.15, 0.2) is 0 Å². The van der Waals surface area contributed by atoms with Crippen molar-refractivity contribution >= 4 is 11.9 Å². The number of aliphatic hydroxyl groups excluding tert-OH is 2. The van der Waals surface area contributed by atoms with Gasteiger partial charge in [-0.2, -0.15) is 0 Å². The molecule has 1 amide bonds. The first kappa shape index (κ1) is 95.1. The van der Waals surface area contributed by atoms with Crippen molar-refractivity contribution in [3.63, 3.8) is 0 Å². The number of nitrogens with one attached hydrogen (secondary N) is 1. The Bertz CT molecular complexity index is 1570. The third-order valence-corrected chi connectivity index (χ3v) is 21.2. The van der Waals surface area contributed by atoms with Gasteiger partial charge in [-0.3, -0.25) is 9.59 Å². The number of ether oxygens (including phenoxy) is 1. The Labute approximate surface area is 608 Å². The van der Waals surface area contributed by atoms with E-state index in [-0.39, 0.29) is 18.5 Å². The fraction of sp³-hybridized carbons (Fsp3) is 0.912. The lowest BCUT2D eigenvalue weighted by Gasteiger charge is -2.20. The Balaban J connectivity index is 3.32. The van der Waals surface area contributed by atoms with E-state index in [1.807, 2.05) is 6.08 Å². The lowest BCUT2D eigenvalue weighted by Crippen LogP contribution is -2.45. The molecule has 0 aromatic rings. The summed E-state index contributed by atoms with van der Waals surface area (Å²) in [5, 5.41) is 23.3. The van der Waals surface area contributed by atoms with Gasteiger partial charge < -0.3 is 20.3 Å². The molecule has 97 heavy (non-hydrogen) atoms. The van der Waals surface area contributed by atoms with Crippen LogP contribution < -0.4 is 5.32 Å². The second kappa shape index (κ2) is 86.5. The van der Waals surface area contributed by atoms with Crippen LogP contribution in [0.4, 0.5) is 0 Å². The number of rotatable bonds is 85. The second-order valence-corrected chi connectivity index (χ2v) is 30.9. The van der Waals surface area contributed by atoms with Crippen molar-refractivity contribution in [1.29, 1.82) is 0 Å². The Kier molecular flexibility index (Phi) is 84.8. The summed E-state index contributed by atoms with van der Waals surface area (Å²) in [7, 11) is 0. The number of aliphatic hydroxyl groups is 2. The largest absolute Gasteiger partial charge is 0.466 e. The summed E-state index contributed by atoms with van der Waals surface area (Å²) in [6.07, 6.45) is 115. The van der Waals surface area contributed by atoms with E-state index in [1.54, 1.807) is 6.08 Å². The van der Waals surface area contributed by atoms with Crippen LogP contribution in [0.5, 0.6) is 0 Å². The molecule has 0 saturated carbocycles. The van der Waals surface area contributed by atoms with Gasteiger partial charge in [0.25, 0.3) is 0 Å². The van der Waals surface area contributed by atoms with Crippen LogP contribution in [0.3, 0.4) is 0 Å². The first-order valence-corrected chi connectivity index (χ1v) is 44.8. The number of allylic oxidation sites excluding steroid dienone is 5. The van der Waals surface area contributed by atoms with Gasteiger partial charge in [0.05, 0.1) is 25.4 Å². The van der Waals surface area contributed by atoms with Gasteiger partial charge in [-0.1, -0.05) is 468 Å². The molecule has 2 atom stereocenters. The predicted molar refractivity (Wildman–Crippen MR) is 430 cm³/mol. The third kappa shape index (κ3) is 82.9. The van der Waals surface area contributed by atoms with Crippen molar-refractivity contribution in [3.05, 3.63) is 36.5 Å². The highest BCUT2D eigenvalue weighted by atomic mass is 16.5. The minimum Gasteiger partial charge on any atom is -0.466 e. The van der Waals surface area contributed by atoms with Crippen molar-refractivity contribution in [3.8, 4) is 0 Å². The molecule has 0 rings (SSSR count). The molecule has 6 heteroatoms. The van der Waals surface area contributed by atoms with E-state index >= 15 is 0 Å². The molecule has 0 aliphatic rings. The normalized spacial score (nSPS) is 12.6. The van der Waals surface area contributed by atoms with Crippen molar-refractivity contribution in [2.45, 2.75) is 520 Å². The smallest absolute Gasteiger partial charge is 0.305 e. The maximum Gasteiger partial charge on any atom is 0.305 e. The fourth-order valence-electron chi connectivity index (χ4n) is 14.4. The van der Waals surface area contributed by atoms with Gasteiger partial charge >= 0.3 is 5.97 Å². The first-order valence-electron chi connectivity index (χ1n) is 44.8. The topological polar surface area (TPSA) is 95.9 Å². The average Bonchev–Trinajstić information content (AvgIpc) is 3.77. The van der Waals surface area contributed by atoms with E-state index < -0.39 is 12.1 Å². The summed E-state index contributed by atoms with van der Waals surface area (Å²) >= 11 is 0. The van der Waals surface area contributed by atoms with Gasteiger partial charge in [0.1, 0.15) is 0 Å². The molecule has 0 aliphatic carbocycles. The van der Waals surface area contributed by atoms with Gasteiger partial charge in [0, 0.05) is 12.8 Å². The van der Waals surface area contributed by atoms with Gasteiger partial charge in [0.2, 0.25) is 5.91 Å². The van der Waals surface area contributed by atoms with E-state index in [9.17, 15) is 19.8 Å². The van der Waals surface area contributed by atoms with Crippen LogP contribution in [0.1, 0.15) is 508 Å². The van der Waals surface area contributed by atoms with Crippen LogP contribution in [0, 0.1) is 0 Å². The zero-order valence-electron chi connectivity index (χ0n) is 66.1. The molecule has 0 aliphatic heterocycles. The van der Waals surface area contributed by atoms with Crippen LogP contribution in [0.25, 0.3) is 0 Å². The van der Waals surface area contributed by atoms with Gasteiger partial charge in [-0.05, 0) is 64.2 Å². The molecule has 6 nitrogen and oxygen atoms in total. The number of carbonyl (C=O) groups excluding carboxylic acids is 2. The summed E-state index contributed by atoms with van der Waals surface area (Å²) < 4.78 is 5.52. The van der Waals surface area contributed by atoms with Crippen LogP contribution in [-0.2, 0) is 14.3 Å². The number of esters is 1. The second-order valence-electron chi connectivity index (χ2n) is 30.9. The molecular weight excluding hydrogens is 1190 g/mol. The van der Waals surface area contributed by atoms with E-state index in [4.69, 9.17) is 4.74 Å². The Hall–Kier alpha value is -1.92. The third-order valence-electron chi connectivity index (χ3n) is 21.2. The van der Waals surface area contributed by atoms with E-state index in [0.29, 0.717) is 19.4 Å². The number of carbonyl (C=O) groups is 2. The molecule has 0 heterocycles. The van der Waals surface area contributed by atoms with Crippen LogP contribution >= 0.6 is 0 Å². The number of hydrogen-bond donors (Lipinski definition) is 3. The van der Waals surface area contributed by atoms with E-state index in [0.717, 1.165) is 44.9 Å². The molecule has 0 aromatic heterocycles. The van der Waals surface area contributed by atoms with Crippen LogP contribution in [-0.4, -0.2) is 47.4 Å². The summed E-state index contributed by atoms with van der Waals surface area (Å²) in [6.45, 7) is 4.94. The molecule has 3 N–H and O–H groups in total. The minimum atomic E-state index is -0.842. The summed E-state index contributed by atoms with van der Waals surface area (Å²) in [4.78, 5) is 24.7. The molecule has 0 bridgehead atoms. The predicted octanol–water partition coefficient (Wildman–Crippen LogP) is 30.1. The first-order chi connectivity index (χ1) is 48.0. The molecule has 2 unspecified atom stereocenters. The molecule has 0 saturated heterocycles. The lowest BCUT2D eigenvalue weighted by molar-refractivity contribution is -0.143. The van der Waals surface area contributed by atoms with Gasteiger partial charge in [-0.25, -0.2) is 0 Å². The maximum atomic E-state index is 12.6. The minimum absolute atomic E-state index is 0.0204. The molecule has 0 radical (unpaired) electrons. The molecule has 0 spiro atoms. The van der Waals surface area contributed by atoms with Crippen LogP contribution in [0.2, 0.25) is 0 Å². The Morgan fingerprint density at radius 2 is 0.515 bits per heavy atom. The van der Waals surface area contributed by atoms with Gasteiger partial charge in [-0.15, -0.1) is 0 Å². The van der Waals surface area contributed by atoms with Crippen molar-refractivity contribution < 1.29 is 24.5 Å². The number of amides is 1. The van der Waals surface area contributed by atoms with Crippen molar-refractivity contribution in [2.24, 2.45) is 0 Å². The monoisotopic (exact) mass is 1360 g/mol. The number of hydrogen-bond acceptors (Lipinski definition) is 5. The molecule has 0 aromatic carbocycles. The molecular formula is C91H175NO5. The quantitative estimate of drug-likeness (QED) is 0.0320. The summed E-state index contributed by atoms with van der Waals surface area (Å²) in [5.74, 6) is -0.0360. The van der Waals surface area contributed by atoms with Crippen molar-refractivity contribution in [2.75, 3.05) is 13.2 Å². The SMILES string of the molecule is CCCCC/C=C\C/C=C\CCCCCCCCCCCC(=O)OCCCCCCCCCCCCCCCCCCCCCCCCCCCCCCCCCCCCCCCC(=O)NC(CO)C(O)/C=C/CCCCCCCCCCCCCCCCCCCCCCCC. The zero-order chi connectivity index (χ0) is 69.8. The van der Waals surface area contributed by atoms with Crippen LogP contribution in [0.15, 0.2) is 36.5 Å². The molecule has 574 valence electrons. The standard InChI is InChI=1S/C91H175NO5/c1-3-5-7-9-11-13-15-17-19-21-23-24-25-41-44-48-51-55-59-63-67-71-75-79-83-89(94)88(87-93)92-90(95)84-80-76-72-68-64-60-56-52-49-45-42-39-37-35-33-31-29-27-26-28-30-32-34-36-38-40-43-46-50-54-58-62-66-70-74-78-82-86-97-91(96)85-81-77-73-69-65-61-57-53-47-22-20-18-16-14-12-10-8-6-4-2/h12,14,18,20,79,83,88-89,93-94H,3-11,13,15-17,19,21-78,80-82,84-87H2,1-2H3,(H,92,95)/b14-12-,20-18-,83-79+. The summed E-state index contributed by atoms with van der Waals surface area (Å²) in [6, 6.07) is -0.625. The lowest BCUT2D eigenvalue weighted by atomic mass is 10.0. The van der Waals surface area contributed by atoms with E-state index in [1.165, 1.54) is 437 Å². The highest BCUT2D eigenvalue weighted by Crippen LogP contribution is 2.21. The van der Waals surface area contributed by atoms with Crippen molar-refractivity contribution in [1.82, 2.24) is 5.32 Å². The average molecular weight is 1360 g/mol. The Morgan fingerprint density at radius 3 is 0.804 bits per heavy atom. The molecule has 0 fully saturated rings. The maximum absolute atomic E-state index is 12.6. The zero-order valence-corrected chi connectivity index (χ0v) is 66.1. The highest BCUT2D eigenvalue weighted by Gasteiger charge is 2.18. The highest BCUT2D eigenvalue weighted by molar-refractivity contribution is 5.76. The number of unbranched alkanes of at least 4 members (excludes halogenated alkanes) is 70. The fourth-order valence-corrected chi connectivity index (χ4v) is 14.4. The Morgan fingerprint density at radius 1 is 0.289 bits per heavy atom. The summed E-state index contributed by atoms with van der Waals surface area (Å²) in [5.41, 5.74) is 0. The van der Waals surface area contributed by atoms with E-state index in [2.05, 4.69) is 43.5 Å².